The molecule has 0 aliphatic carbocycles. The number of carboxylic acid groups (broad SMARTS) is 1. The maximum Gasteiger partial charge on any atom is 0.323 e. The lowest BCUT2D eigenvalue weighted by Gasteiger charge is -2.28. The molecule has 0 fully saturated rings. The maximum absolute atomic E-state index is 10.2. The van der Waals surface area contributed by atoms with Gasteiger partial charge in [-0.3, -0.25) is 9.69 Å². The molecule has 0 aromatic rings. The van der Waals surface area contributed by atoms with Crippen molar-refractivity contribution in [3.63, 3.8) is 0 Å². The number of rotatable bonds is 2. The van der Waals surface area contributed by atoms with E-state index in [0.29, 0.717) is 0 Å². The van der Waals surface area contributed by atoms with Gasteiger partial charge in [0.2, 0.25) is 0 Å². The van der Waals surface area contributed by atoms with E-state index in [2.05, 4.69) is 0 Å². The zero-order valence-electron chi connectivity index (χ0n) is 6.96. The minimum absolute atomic E-state index is 0.236. The van der Waals surface area contributed by atoms with Crippen molar-refractivity contribution < 1.29 is 9.90 Å². The Morgan fingerprint density at radius 1 is 1.64 bits per heavy atom. The number of hydrogen-bond donors (Lipinski definition) is 1. The fourth-order valence-electron chi connectivity index (χ4n) is 0.558. The first-order valence-electron chi connectivity index (χ1n) is 3.27. The molecule has 0 radical (unpaired) electrons. The fourth-order valence-corrected chi connectivity index (χ4v) is 0.558. The molecular formula is C7H12N2O2. The zero-order chi connectivity index (χ0) is 9.07. The fraction of sp³-hybridized carbons (Fsp3) is 0.714. The lowest BCUT2D eigenvalue weighted by molar-refractivity contribution is -0.138. The standard InChI is InChI=1S/C7H12N2O2/c1-7(2,3)9(5-8)4-6(10)11/h4H2,1-3H3,(H,10,11). The molecule has 0 unspecified atom stereocenters. The first-order valence-corrected chi connectivity index (χ1v) is 3.27. The third kappa shape index (κ3) is 3.46. The Morgan fingerprint density at radius 2 is 2.09 bits per heavy atom. The topological polar surface area (TPSA) is 64.3 Å². The van der Waals surface area contributed by atoms with Crippen LogP contribution in [-0.4, -0.2) is 28.1 Å². The molecule has 0 saturated heterocycles. The summed E-state index contributed by atoms with van der Waals surface area (Å²) in [5.74, 6) is -0.985. The van der Waals surface area contributed by atoms with Crippen LogP contribution in [-0.2, 0) is 4.79 Å². The summed E-state index contributed by atoms with van der Waals surface area (Å²) in [5.41, 5.74) is -0.410. The molecule has 0 aliphatic rings. The third-order valence-electron chi connectivity index (χ3n) is 1.22. The van der Waals surface area contributed by atoms with Gasteiger partial charge < -0.3 is 5.11 Å². The lowest BCUT2D eigenvalue weighted by Crippen LogP contribution is -2.40. The molecule has 0 aromatic carbocycles. The minimum atomic E-state index is -0.985. The van der Waals surface area contributed by atoms with Crippen LogP contribution >= 0.6 is 0 Å². The summed E-state index contributed by atoms with van der Waals surface area (Å²) >= 11 is 0. The van der Waals surface area contributed by atoms with Gasteiger partial charge in [-0.25, -0.2) is 0 Å². The Hall–Kier alpha value is -1.24. The van der Waals surface area contributed by atoms with Crippen molar-refractivity contribution in [2.24, 2.45) is 0 Å². The van der Waals surface area contributed by atoms with Crippen LogP contribution in [0.5, 0.6) is 0 Å². The first-order chi connectivity index (χ1) is 4.88. The van der Waals surface area contributed by atoms with Gasteiger partial charge in [-0.2, -0.15) is 5.26 Å². The van der Waals surface area contributed by atoms with Gasteiger partial charge in [-0.1, -0.05) is 0 Å². The van der Waals surface area contributed by atoms with Crippen LogP contribution in [0.15, 0.2) is 0 Å². The van der Waals surface area contributed by atoms with Gasteiger partial charge >= 0.3 is 5.97 Å². The number of carbonyl (C=O) groups is 1. The summed E-state index contributed by atoms with van der Waals surface area (Å²) in [7, 11) is 0. The number of nitrogens with zero attached hydrogens (tertiary/aromatic N) is 2. The molecule has 4 nitrogen and oxygen atoms in total. The molecule has 0 heterocycles. The lowest BCUT2D eigenvalue weighted by atomic mass is 10.1. The highest BCUT2D eigenvalue weighted by Gasteiger charge is 2.21. The molecule has 0 atom stereocenters. The summed E-state index contributed by atoms with van der Waals surface area (Å²) in [4.78, 5) is 11.4. The van der Waals surface area contributed by atoms with Gasteiger partial charge in [0.15, 0.2) is 6.19 Å². The zero-order valence-corrected chi connectivity index (χ0v) is 6.96. The van der Waals surface area contributed by atoms with Crippen molar-refractivity contribution in [2.45, 2.75) is 26.3 Å². The highest BCUT2D eigenvalue weighted by molar-refractivity contribution is 5.69. The quantitative estimate of drug-likeness (QED) is 0.471. The highest BCUT2D eigenvalue weighted by Crippen LogP contribution is 2.10. The van der Waals surface area contributed by atoms with E-state index < -0.39 is 11.5 Å². The third-order valence-corrected chi connectivity index (χ3v) is 1.22. The van der Waals surface area contributed by atoms with Crippen molar-refractivity contribution in [1.29, 1.82) is 5.26 Å². The van der Waals surface area contributed by atoms with Gasteiger partial charge in [0, 0.05) is 5.54 Å². The molecule has 1 N–H and O–H groups in total. The van der Waals surface area contributed by atoms with Gasteiger partial charge in [0.25, 0.3) is 0 Å². The Bertz CT molecular complexity index is 188. The predicted octanol–water partition coefficient (Wildman–Crippen LogP) is 0.653. The van der Waals surface area contributed by atoms with E-state index >= 15 is 0 Å². The summed E-state index contributed by atoms with van der Waals surface area (Å²) < 4.78 is 0. The number of carboxylic acids is 1. The van der Waals surface area contributed by atoms with Crippen molar-refractivity contribution in [3.8, 4) is 6.19 Å². The Balaban J connectivity index is 4.22. The van der Waals surface area contributed by atoms with Crippen LogP contribution in [0.25, 0.3) is 0 Å². The maximum atomic E-state index is 10.2. The molecule has 4 heteroatoms. The molecule has 62 valence electrons. The van der Waals surface area contributed by atoms with Crippen molar-refractivity contribution >= 4 is 5.97 Å². The molecule has 0 saturated carbocycles. The van der Waals surface area contributed by atoms with Crippen LogP contribution in [0.3, 0.4) is 0 Å². The number of nitriles is 1. The average Bonchev–Trinajstić information content (AvgIpc) is 1.79. The Labute approximate surface area is 66.0 Å². The number of hydrogen-bond acceptors (Lipinski definition) is 3. The first kappa shape index (κ1) is 9.76. The van der Waals surface area contributed by atoms with Crippen LogP contribution in [0.2, 0.25) is 0 Å². The van der Waals surface area contributed by atoms with E-state index in [1.165, 1.54) is 4.90 Å². The highest BCUT2D eigenvalue weighted by atomic mass is 16.4. The summed E-state index contributed by atoms with van der Waals surface area (Å²) in [6.45, 7) is 5.14. The Morgan fingerprint density at radius 3 is 2.18 bits per heavy atom. The van der Waals surface area contributed by atoms with Crippen molar-refractivity contribution in [1.82, 2.24) is 4.90 Å². The van der Waals surface area contributed by atoms with Gasteiger partial charge in [-0.05, 0) is 20.8 Å². The van der Waals surface area contributed by atoms with Crippen molar-refractivity contribution in [3.05, 3.63) is 0 Å². The van der Waals surface area contributed by atoms with E-state index in [0.717, 1.165) is 0 Å². The molecule has 0 rings (SSSR count). The van der Waals surface area contributed by atoms with E-state index in [1.54, 1.807) is 20.8 Å². The molecule has 0 spiro atoms. The van der Waals surface area contributed by atoms with Gasteiger partial charge in [-0.15, -0.1) is 0 Å². The SMILES string of the molecule is CC(C)(C)N(C#N)CC(=O)O. The normalized spacial score (nSPS) is 10.4. The summed E-state index contributed by atoms with van der Waals surface area (Å²) in [6.07, 6.45) is 1.83. The van der Waals surface area contributed by atoms with Crippen molar-refractivity contribution in [2.75, 3.05) is 6.54 Å². The van der Waals surface area contributed by atoms with E-state index in [9.17, 15) is 4.79 Å². The summed E-state index contributed by atoms with van der Waals surface area (Å²) in [5, 5.41) is 16.9. The second kappa shape index (κ2) is 3.24. The van der Waals surface area contributed by atoms with Crippen LogP contribution < -0.4 is 0 Å². The van der Waals surface area contributed by atoms with Gasteiger partial charge in [0.05, 0.1) is 0 Å². The largest absolute Gasteiger partial charge is 0.480 e. The molecule has 0 aliphatic heterocycles. The van der Waals surface area contributed by atoms with E-state index in [4.69, 9.17) is 10.4 Å². The average molecular weight is 156 g/mol. The van der Waals surface area contributed by atoms with Crippen LogP contribution in [0, 0.1) is 11.5 Å². The van der Waals surface area contributed by atoms with E-state index in [-0.39, 0.29) is 6.54 Å². The summed E-state index contributed by atoms with van der Waals surface area (Å²) in [6, 6.07) is 0. The smallest absolute Gasteiger partial charge is 0.323 e. The molecule has 11 heavy (non-hydrogen) atoms. The Kier molecular flexibility index (Phi) is 2.87. The molecular weight excluding hydrogens is 144 g/mol. The minimum Gasteiger partial charge on any atom is -0.480 e. The second-order valence-corrected chi connectivity index (χ2v) is 3.25. The molecule has 0 bridgehead atoms. The molecule has 0 aromatic heterocycles. The monoisotopic (exact) mass is 156 g/mol. The molecule has 0 amide bonds. The van der Waals surface area contributed by atoms with Crippen LogP contribution in [0.1, 0.15) is 20.8 Å². The predicted molar refractivity (Wildman–Crippen MR) is 39.7 cm³/mol. The number of aliphatic carboxylic acids is 1. The van der Waals surface area contributed by atoms with Gasteiger partial charge in [0.1, 0.15) is 6.54 Å². The van der Waals surface area contributed by atoms with E-state index in [1.807, 2.05) is 6.19 Å². The second-order valence-electron chi connectivity index (χ2n) is 3.25. The van der Waals surface area contributed by atoms with Crippen LogP contribution in [0.4, 0.5) is 0 Å².